The van der Waals surface area contributed by atoms with Crippen LogP contribution in [-0.2, 0) is 6.54 Å². The molecule has 0 aliphatic carbocycles. The number of fused-ring (bicyclic) bond motifs is 1. The first-order valence-corrected chi connectivity index (χ1v) is 7.99. The van der Waals surface area contributed by atoms with Crippen molar-refractivity contribution in [2.24, 2.45) is 10.9 Å². The normalized spacial score (nSPS) is 12.8. The number of halogens is 1. The predicted molar refractivity (Wildman–Crippen MR) is 109 cm³/mol. The Morgan fingerprint density at radius 1 is 1.17 bits per heavy atom. The molecule has 0 spiro atoms. The van der Waals surface area contributed by atoms with Gasteiger partial charge in [0.2, 0.25) is 0 Å². The van der Waals surface area contributed by atoms with Crippen LogP contribution in [0.25, 0.3) is 10.9 Å². The molecule has 2 N–H and O–H groups in total. The van der Waals surface area contributed by atoms with E-state index in [4.69, 9.17) is 4.99 Å². The van der Waals surface area contributed by atoms with Crippen molar-refractivity contribution in [1.29, 1.82) is 0 Å². The van der Waals surface area contributed by atoms with Gasteiger partial charge in [-0.3, -0.25) is 4.98 Å². The Morgan fingerprint density at radius 3 is 2.61 bits per heavy atom. The SMILES string of the molecule is CCNC(=NCc1cccc2cccnc12)NC(C)C(C)C.I. The van der Waals surface area contributed by atoms with Crippen LogP contribution in [0.1, 0.15) is 33.3 Å². The zero-order valence-corrected chi connectivity index (χ0v) is 16.7. The number of benzene rings is 1. The van der Waals surface area contributed by atoms with E-state index in [0.717, 1.165) is 29.0 Å². The number of hydrogen-bond donors (Lipinski definition) is 2. The maximum absolute atomic E-state index is 4.71. The van der Waals surface area contributed by atoms with E-state index in [1.54, 1.807) is 0 Å². The van der Waals surface area contributed by atoms with Gasteiger partial charge in [-0.25, -0.2) is 4.99 Å². The van der Waals surface area contributed by atoms with Gasteiger partial charge in [0.1, 0.15) is 0 Å². The Balaban J connectivity index is 0.00000264. The molecule has 4 nitrogen and oxygen atoms in total. The third kappa shape index (κ3) is 5.64. The van der Waals surface area contributed by atoms with Gasteiger partial charge in [-0.2, -0.15) is 0 Å². The second-order valence-corrected chi connectivity index (χ2v) is 5.86. The second-order valence-electron chi connectivity index (χ2n) is 5.86. The number of pyridine rings is 1. The number of aromatic nitrogens is 1. The van der Waals surface area contributed by atoms with E-state index >= 15 is 0 Å². The minimum absolute atomic E-state index is 0. The third-order valence-electron chi connectivity index (χ3n) is 3.83. The molecule has 1 aromatic heterocycles. The molecular weight excluding hydrogens is 399 g/mol. The zero-order chi connectivity index (χ0) is 15.9. The lowest BCUT2D eigenvalue weighted by molar-refractivity contribution is 0.481. The fourth-order valence-corrected chi connectivity index (χ4v) is 2.16. The molecule has 0 saturated heterocycles. The van der Waals surface area contributed by atoms with Crippen molar-refractivity contribution in [3.8, 4) is 0 Å². The Labute approximate surface area is 156 Å². The number of hydrogen-bond acceptors (Lipinski definition) is 2. The molecule has 0 amide bonds. The molecular formula is C18H27IN4. The fraction of sp³-hybridized carbons (Fsp3) is 0.444. The highest BCUT2D eigenvalue weighted by molar-refractivity contribution is 14.0. The van der Waals surface area contributed by atoms with E-state index in [0.29, 0.717) is 18.5 Å². The summed E-state index contributed by atoms with van der Waals surface area (Å²) in [6, 6.07) is 10.7. The lowest BCUT2D eigenvalue weighted by Crippen LogP contribution is -2.44. The summed E-state index contributed by atoms with van der Waals surface area (Å²) in [4.78, 5) is 9.19. The summed E-state index contributed by atoms with van der Waals surface area (Å²) in [5.41, 5.74) is 2.18. The molecule has 1 heterocycles. The minimum Gasteiger partial charge on any atom is -0.357 e. The van der Waals surface area contributed by atoms with Gasteiger partial charge in [0, 0.05) is 24.2 Å². The summed E-state index contributed by atoms with van der Waals surface area (Å²) in [7, 11) is 0. The van der Waals surface area contributed by atoms with Crippen LogP contribution in [0.5, 0.6) is 0 Å². The summed E-state index contributed by atoms with van der Waals surface area (Å²) in [6.07, 6.45) is 1.83. The summed E-state index contributed by atoms with van der Waals surface area (Å²) in [6.45, 7) is 10.1. The van der Waals surface area contributed by atoms with Crippen LogP contribution in [0, 0.1) is 5.92 Å². The number of nitrogens with zero attached hydrogens (tertiary/aromatic N) is 2. The average Bonchev–Trinajstić information content (AvgIpc) is 2.52. The van der Waals surface area contributed by atoms with Gasteiger partial charge in [0.05, 0.1) is 12.1 Å². The van der Waals surface area contributed by atoms with Gasteiger partial charge in [-0.05, 0) is 31.4 Å². The van der Waals surface area contributed by atoms with Crippen LogP contribution in [0.3, 0.4) is 0 Å². The van der Waals surface area contributed by atoms with Crippen LogP contribution in [-0.4, -0.2) is 23.5 Å². The monoisotopic (exact) mass is 426 g/mol. The first-order valence-electron chi connectivity index (χ1n) is 7.99. The van der Waals surface area contributed by atoms with Gasteiger partial charge in [-0.15, -0.1) is 24.0 Å². The van der Waals surface area contributed by atoms with Crippen molar-refractivity contribution in [1.82, 2.24) is 15.6 Å². The van der Waals surface area contributed by atoms with Gasteiger partial charge in [0.15, 0.2) is 5.96 Å². The van der Waals surface area contributed by atoms with E-state index in [1.165, 1.54) is 0 Å². The van der Waals surface area contributed by atoms with E-state index in [2.05, 4.69) is 67.6 Å². The third-order valence-corrected chi connectivity index (χ3v) is 3.83. The van der Waals surface area contributed by atoms with Crippen LogP contribution in [0.15, 0.2) is 41.5 Å². The molecule has 0 aliphatic heterocycles. The maximum Gasteiger partial charge on any atom is 0.191 e. The van der Waals surface area contributed by atoms with E-state index < -0.39 is 0 Å². The van der Waals surface area contributed by atoms with Crippen molar-refractivity contribution < 1.29 is 0 Å². The standard InChI is InChI=1S/C18H26N4.HI/c1-5-19-18(22-14(4)13(2)3)21-12-16-9-6-8-15-10-7-11-20-17(15)16;/h6-11,13-14H,5,12H2,1-4H3,(H2,19,21,22);1H. The zero-order valence-electron chi connectivity index (χ0n) is 14.3. The molecule has 0 aliphatic rings. The lowest BCUT2D eigenvalue weighted by atomic mass is 10.1. The molecule has 0 bridgehead atoms. The van der Waals surface area contributed by atoms with Crippen molar-refractivity contribution in [3.63, 3.8) is 0 Å². The van der Waals surface area contributed by atoms with Crippen molar-refractivity contribution >= 4 is 40.8 Å². The summed E-state index contributed by atoms with van der Waals surface area (Å²) in [5, 5.41) is 7.92. The Morgan fingerprint density at radius 2 is 1.91 bits per heavy atom. The quantitative estimate of drug-likeness (QED) is 0.433. The van der Waals surface area contributed by atoms with Crippen molar-refractivity contribution in [2.45, 2.75) is 40.3 Å². The molecule has 0 radical (unpaired) electrons. The van der Waals surface area contributed by atoms with E-state index in [1.807, 2.05) is 12.3 Å². The topological polar surface area (TPSA) is 49.3 Å². The molecule has 1 atom stereocenters. The summed E-state index contributed by atoms with van der Waals surface area (Å²) >= 11 is 0. The van der Waals surface area contributed by atoms with Gasteiger partial charge in [0.25, 0.3) is 0 Å². The van der Waals surface area contributed by atoms with Gasteiger partial charge in [-0.1, -0.05) is 38.1 Å². The average molecular weight is 426 g/mol. The Kier molecular flexibility index (Phi) is 8.30. The highest BCUT2D eigenvalue weighted by Crippen LogP contribution is 2.16. The molecule has 23 heavy (non-hydrogen) atoms. The van der Waals surface area contributed by atoms with Crippen LogP contribution in [0.2, 0.25) is 0 Å². The number of nitrogens with one attached hydrogen (secondary N) is 2. The number of guanidine groups is 1. The van der Waals surface area contributed by atoms with E-state index in [9.17, 15) is 0 Å². The Bertz CT molecular complexity index is 634. The second kappa shape index (κ2) is 9.70. The van der Waals surface area contributed by atoms with Gasteiger partial charge < -0.3 is 10.6 Å². The first kappa shape index (κ1) is 19.7. The summed E-state index contributed by atoms with van der Waals surface area (Å²) < 4.78 is 0. The molecule has 126 valence electrons. The number of para-hydroxylation sites is 1. The lowest BCUT2D eigenvalue weighted by Gasteiger charge is -2.20. The molecule has 1 aromatic carbocycles. The van der Waals surface area contributed by atoms with Crippen LogP contribution < -0.4 is 10.6 Å². The number of rotatable bonds is 5. The largest absolute Gasteiger partial charge is 0.357 e. The van der Waals surface area contributed by atoms with Crippen LogP contribution >= 0.6 is 24.0 Å². The highest BCUT2D eigenvalue weighted by atomic mass is 127. The van der Waals surface area contributed by atoms with Crippen molar-refractivity contribution in [2.75, 3.05) is 6.54 Å². The highest BCUT2D eigenvalue weighted by Gasteiger charge is 2.09. The van der Waals surface area contributed by atoms with Crippen LogP contribution in [0.4, 0.5) is 0 Å². The van der Waals surface area contributed by atoms with Gasteiger partial charge >= 0.3 is 0 Å². The fourth-order valence-electron chi connectivity index (χ4n) is 2.16. The van der Waals surface area contributed by atoms with Crippen molar-refractivity contribution in [3.05, 3.63) is 42.1 Å². The smallest absolute Gasteiger partial charge is 0.191 e. The molecule has 0 fully saturated rings. The molecule has 2 rings (SSSR count). The maximum atomic E-state index is 4.71. The first-order chi connectivity index (χ1) is 10.6. The molecule has 2 aromatic rings. The predicted octanol–water partition coefficient (Wildman–Crippen LogP) is 3.95. The van der Waals surface area contributed by atoms with E-state index in [-0.39, 0.29) is 24.0 Å². The Hall–Kier alpha value is -1.37. The molecule has 5 heteroatoms. The minimum atomic E-state index is 0. The molecule has 1 unspecified atom stereocenters. The molecule has 0 saturated carbocycles. The summed E-state index contributed by atoms with van der Waals surface area (Å²) in [5.74, 6) is 1.42. The number of aliphatic imine (C=N–C) groups is 1.